The van der Waals surface area contributed by atoms with Gasteiger partial charge in [-0.25, -0.2) is 0 Å². The number of ether oxygens (including phenoxy) is 1. The molecule has 0 aliphatic carbocycles. The molecule has 96 valence electrons. The second-order valence-corrected chi connectivity index (χ2v) is 6.26. The molecule has 0 bridgehead atoms. The lowest BCUT2D eigenvalue weighted by Gasteiger charge is -2.32. The van der Waals surface area contributed by atoms with Gasteiger partial charge in [-0.05, 0) is 41.5 Å². The van der Waals surface area contributed by atoms with Gasteiger partial charge in [0.15, 0.2) is 0 Å². The zero-order chi connectivity index (χ0) is 13.1. The molecule has 0 aliphatic rings. The molecule has 0 fully saturated rings. The molecule has 0 spiro atoms. The minimum atomic E-state index is 0.0929. The Morgan fingerprint density at radius 1 is 1.41 bits per heavy atom. The van der Waals surface area contributed by atoms with Gasteiger partial charge >= 0.3 is 0 Å². The fourth-order valence-electron chi connectivity index (χ4n) is 1.73. The van der Waals surface area contributed by atoms with E-state index in [2.05, 4.69) is 42.8 Å². The average Bonchev–Trinajstić information content (AvgIpc) is 2.29. The lowest BCUT2D eigenvalue weighted by molar-refractivity contribution is 0.250. The molecule has 3 heteroatoms. The van der Waals surface area contributed by atoms with Crippen molar-refractivity contribution in [2.45, 2.75) is 27.2 Å². The van der Waals surface area contributed by atoms with Crippen molar-refractivity contribution in [3.63, 3.8) is 0 Å². The molecule has 0 saturated carbocycles. The molecule has 1 aromatic rings. The van der Waals surface area contributed by atoms with Crippen molar-refractivity contribution < 1.29 is 4.74 Å². The molecule has 0 aliphatic heterocycles. The fourth-order valence-corrected chi connectivity index (χ4v) is 2.54. The second kappa shape index (κ2) is 6.10. The van der Waals surface area contributed by atoms with Crippen LogP contribution in [-0.4, -0.2) is 13.0 Å². The molecular formula is C14H20BrClO. The number of halogens is 2. The quantitative estimate of drug-likeness (QED) is 0.701. The van der Waals surface area contributed by atoms with Gasteiger partial charge in [-0.2, -0.15) is 0 Å². The average molecular weight is 320 g/mol. The van der Waals surface area contributed by atoms with E-state index >= 15 is 0 Å². The van der Waals surface area contributed by atoms with Crippen molar-refractivity contribution in [1.82, 2.24) is 0 Å². The third-order valence-electron chi connectivity index (χ3n) is 3.54. The number of benzene rings is 1. The molecule has 0 saturated heterocycles. The van der Waals surface area contributed by atoms with Gasteiger partial charge in [0, 0.05) is 10.4 Å². The molecule has 0 aromatic heterocycles. The SMILES string of the molecule is COc1ccc(Br)cc1CC(C)(CCl)C(C)C. The number of methoxy groups -OCH3 is 1. The minimum absolute atomic E-state index is 0.0929. The van der Waals surface area contributed by atoms with Crippen LogP contribution in [0.25, 0.3) is 0 Å². The Bertz CT molecular complexity index is 378. The number of hydrogen-bond acceptors (Lipinski definition) is 1. The maximum Gasteiger partial charge on any atom is 0.122 e. The van der Waals surface area contributed by atoms with E-state index in [-0.39, 0.29) is 5.41 Å². The lowest BCUT2D eigenvalue weighted by atomic mass is 9.76. The first-order chi connectivity index (χ1) is 7.92. The van der Waals surface area contributed by atoms with Crippen molar-refractivity contribution in [2.24, 2.45) is 11.3 Å². The van der Waals surface area contributed by atoms with E-state index in [1.54, 1.807) is 7.11 Å². The Kier molecular flexibility index (Phi) is 5.33. The molecule has 0 heterocycles. The van der Waals surface area contributed by atoms with Crippen molar-refractivity contribution in [1.29, 1.82) is 0 Å². The van der Waals surface area contributed by atoms with Crippen LogP contribution in [-0.2, 0) is 6.42 Å². The Morgan fingerprint density at radius 2 is 2.06 bits per heavy atom. The number of alkyl halides is 1. The van der Waals surface area contributed by atoms with Crippen molar-refractivity contribution in [2.75, 3.05) is 13.0 Å². The second-order valence-electron chi connectivity index (χ2n) is 5.08. The van der Waals surface area contributed by atoms with Crippen LogP contribution in [0, 0.1) is 11.3 Å². The summed E-state index contributed by atoms with van der Waals surface area (Å²) in [5, 5.41) is 0. The zero-order valence-electron chi connectivity index (χ0n) is 10.9. The first-order valence-corrected chi connectivity index (χ1v) is 7.14. The van der Waals surface area contributed by atoms with Gasteiger partial charge in [0.05, 0.1) is 7.11 Å². The highest BCUT2D eigenvalue weighted by molar-refractivity contribution is 9.10. The fraction of sp³-hybridized carbons (Fsp3) is 0.571. The highest BCUT2D eigenvalue weighted by Crippen LogP contribution is 2.36. The molecule has 1 atom stereocenters. The molecular weight excluding hydrogens is 300 g/mol. The number of rotatable bonds is 5. The van der Waals surface area contributed by atoms with Gasteiger partial charge in [-0.15, -0.1) is 11.6 Å². The molecule has 1 aromatic carbocycles. The topological polar surface area (TPSA) is 9.23 Å². The standard InChI is InChI=1S/C14H20BrClO/c1-10(2)14(3,9-16)8-11-7-12(15)5-6-13(11)17-4/h5-7,10H,8-9H2,1-4H3. The van der Waals surface area contributed by atoms with Gasteiger partial charge in [0.2, 0.25) is 0 Å². The Balaban J connectivity index is 3.04. The van der Waals surface area contributed by atoms with Crippen LogP contribution in [0.4, 0.5) is 0 Å². The summed E-state index contributed by atoms with van der Waals surface area (Å²) in [7, 11) is 1.71. The number of hydrogen-bond donors (Lipinski definition) is 0. The largest absolute Gasteiger partial charge is 0.496 e. The van der Waals surface area contributed by atoms with E-state index in [1.807, 2.05) is 12.1 Å². The van der Waals surface area contributed by atoms with Gasteiger partial charge in [0.1, 0.15) is 5.75 Å². The Morgan fingerprint density at radius 3 is 2.53 bits per heavy atom. The van der Waals surface area contributed by atoms with Crippen LogP contribution in [0.2, 0.25) is 0 Å². The van der Waals surface area contributed by atoms with Crippen LogP contribution >= 0.6 is 27.5 Å². The third kappa shape index (κ3) is 3.62. The molecule has 0 amide bonds. The summed E-state index contributed by atoms with van der Waals surface area (Å²) in [4.78, 5) is 0. The van der Waals surface area contributed by atoms with Crippen LogP contribution in [0.1, 0.15) is 26.3 Å². The smallest absolute Gasteiger partial charge is 0.122 e. The van der Waals surface area contributed by atoms with E-state index in [0.29, 0.717) is 11.8 Å². The van der Waals surface area contributed by atoms with Crippen LogP contribution in [0.15, 0.2) is 22.7 Å². The molecule has 1 nitrogen and oxygen atoms in total. The van der Waals surface area contributed by atoms with E-state index in [0.717, 1.165) is 16.6 Å². The highest BCUT2D eigenvalue weighted by atomic mass is 79.9. The van der Waals surface area contributed by atoms with Gasteiger partial charge in [-0.3, -0.25) is 0 Å². The predicted octanol–water partition coefficient (Wildman–Crippen LogP) is 4.90. The van der Waals surface area contributed by atoms with Crippen molar-refractivity contribution in [3.05, 3.63) is 28.2 Å². The van der Waals surface area contributed by atoms with E-state index < -0.39 is 0 Å². The normalized spacial score (nSPS) is 14.8. The summed E-state index contributed by atoms with van der Waals surface area (Å²) >= 11 is 9.64. The highest BCUT2D eigenvalue weighted by Gasteiger charge is 2.28. The Labute approximate surface area is 118 Å². The summed E-state index contributed by atoms with van der Waals surface area (Å²) in [6.07, 6.45) is 0.927. The van der Waals surface area contributed by atoms with Crippen LogP contribution < -0.4 is 4.74 Å². The summed E-state index contributed by atoms with van der Waals surface area (Å²) in [6, 6.07) is 6.11. The first kappa shape index (κ1) is 14.8. The zero-order valence-corrected chi connectivity index (χ0v) is 13.2. The lowest BCUT2D eigenvalue weighted by Crippen LogP contribution is -2.28. The van der Waals surface area contributed by atoms with Crippen molar-refractivity contribution in [3.8, 4) is 5.75 Å². The molecule has 0 radical (unpaired) electrons. The minimum Gasteiger partial charge on any atom is -0.496 e. The maximum atomic E-state index is 6.14. The summed E-state index contributed by atoms with van der Waals surface area (Å²) in [5.41, 5.74) is 1.30. The summed E-state index contributed by atoms with van der Waals surface area (Å²) in [5.74, 6) is 2.12. The third-order valence-corrected chi connectivity index (χ3v) is 4.64. The summed E-state index contributed by atoms with van der Waals surface area (Å²) in [6.45, 7) is 6.66. The maximum absolute atomic E-state index is 6.14. The van der Waals surface area contributed by atoms with Gasteiger partial charge in [0.25, 0.3) is 0 Å². The van der Waals surface area contributed by atoms with Gasteiger partial charge in [-0.1, -0.05) is 36.7 Å². The molecule has 17 heavy (non-hydrogen) atoms. The van der Waals surface area contributed by atoms with Crippen LogP contribution in [0.3, 0.4) is 0 Å². The Hall–Kier alpha value is -0.210. The van der Waals surface area contributed by atoms with E-state index in [4.69, 9.17) is 16.3 Å². The van der Waals surface area contributed by atoms with E-state index in [1.165, 1.54) is 5.56 Å². The summed E-state index contributed by atoms with van der Waals surface area (Å²) < 4.78 is 6.48. The molecule has 1 rings (SSSR count). The molecule has 1 unspecified atom stereocenters. The van der Waals surface area contributed by atoms with Gasteiger partial charge < -0.3 is 4.74 Å². The van der Waals surface area contributed by atoms with E-state index in [9.17, 15) is 0 Å². The monoisotopic (exact) mass is 318 g/mol. The predicted molar refractivity (Wildman–Crippen MR) is 78.1 cm³/mol. The van der Waals surface area contributed by atoms with Crippen LogP contribution in [0.5, 0.6) is 5.75 Å². The first-order valence-electron chi connectivity index (χ1n) is 5.81. The van der Waals surface area contributed by atoms with Crippen molar-refractivity contribution >= 4 is 27.5 Å². The molecule has 0 N–H and O–H groups in total.